The topological polar surface area (TPSA) is 45.2 Å². The normalized spacial score (nSPS) is 13.2. The molecule has 0 spiro atoms. The van der Waals surface area contributed by atoms with E-state index in [1.54, 1.807) is 41.6 Å². The summed E-state index contributed by atoms with van der Waals surface area (Å²) in [6.07, 6.45) is 5.04. The third-order valence-corrected chi connectivity index (χ3v) is 4.49. The first-order valence-electron chi connectivity index (χ1n) is 8.59. The lowest BCUT2D eigenvalue weighted by atomic mass is 10.0. The van der Waals surface area contributed by atoms with Crippen molar-refractivity contribution in [3.05, 3.63) is 83.9 Å². The van der Waals surface area contributed by atoms with E-state index >= 15 is 0 Å². The maximum absolute atomic E-state index is 13.8. The fraction of sp³-hybridized carbons (Fsp3) is 0.143. The molecule has 0 radical (unpaired) electrons. The predicted molar refractivity (Wildman–Crippen MR) is 100 cm³/mol. The van der Waals surface area contributed by atoms with Crippen LogP contribution in [0.1, 0.15) is 22.3 Å². The lowest BCUT2D eigenvalue weighted by molar-refractivity contribution is 0.0985. The number of benzene rings is 2. The molecule has 26 heavy (non-hydrogen) atoms. The van der Waals surface area contributed by atoms with Crippen LogP contribution in [0.2, 0.25) is 0 Å². The Labute approximate surface area is 151 Å². The van der Waals surface area contributed by atoms with Gasteiger partial charge in [0.2, 0.25) is 0 Å². The fourth-order valence-corrected chi connectivity index (χ4v) is 3.24. The second kappa shape index (κ2) is 6.96. The van der Waals surface area contributed by atoms with E-state index in [0.717, 1.165) is 18.5 Å². The largest absolute Gasteiger partial charge is 0.352 e. The summed E-state index contributed by atoms with van der Waals surface area (Å²) in [5.74, 6) is -0.448. The first-order chi connectivity index (χ1) is 12.7. The minimum atomic E-state index is -0.353. The van der Waals surface area contributed by atoms with E-state index in [-0.39, 0.29) is 11.7 Å². The zero-order valence-corrected chi connectivity index (χ0v) is 14.2. The molecule has 4 nitrogen and oxygen atoms in total. The zero-order valence-electron chi connectivity index (χ0n) is 14.2. The van der Waals surface area contributed by atoms with Crippen LogP contribution in [0.15, 0.2) is 67.0 Å². The second-order valence-electron chi connectivity index (χ2n) is 6.26. The van der Waals surface area contributed by atoms with Crippen molar-refractivity contribution >= 4 is 23.0 Å². The van der Waals surface area contributed by atoms with Gasteiger partial charge in [0.25, 0.3) is 5.91 Å². The van der Waals surface area contributed by atoms with E-state index in [9.17, 15) is 9.18 Å². The molecule has 0 aliphatic carbocycles. The van der Waals surface area contributed by atoms with Crippen LogP contribution in [0.4, 0.5) is 21.5 Å². The maximum atomic E-state index is 13.8. The summed E-state index contributed by atoms with van der Waals surface area (Å²) in [6.45, 7) is 0.681. The molecule has 0 saturated heterocycles. The van der Waals surface area contributed by atoms with Gasteiger partial charge in [0.05, 0.1) is 23.1 Å². The Kier molecular flexibility index (Phi) is 4.35. The first kappa shape index (κ1) is 16.3. The first-order valence-corrected chi connectivity index (χ1v) is 8.59. The van der Waals surface area contributed by atoms with E-state index in [1.807, 2.05) is 18.2 Å². The Morgan fingerprint density at radius 1 is 1.08 bits per heavy atom. The van der Waals surface area contributed by atoms with Gasteiger partial charge in [-0.3, -0.25) is 9.78 Å². The van der Waals surface area contributed by atoms with Crippen LogP contribution in [0, 0.1) is 5.82 Å². The molecule has 130 valence electrons. The number of halogens is 1. The highest BCUT2D eigenvalue weighted by Crippen LogP contribution is 2.28. The number of hydrogen-bond acceptors (Lipinski definition) is 3. The van der Waals surface area contributed by atoms with Crippen molar-refractivity contribution in [2.75, 3.05) is 16.8 Å². The molecular weight excluding hydrogens is 329 g/mol. The van der Waals surface area contributed by atoms with Crippen LogP contribution < -0.4 is 10.2 Å². The summed E-state index contributed by atoms with van der Waals surface area (Å²) < 4.78 is 13.8. The number of nitrogens with zero attached hydrogens (tertiary/aromatic N) is 2. The van der Waals surface area contributed by atoms with Crippen molar-refractivity contribution in [2.45, 2.75) is 12.8 Å². The Morgan fingerprint density at radius 3 is 2.77 bits per heavy atom. The van der Waals surface area contributed by atoms with Gasteiger partial charge in [0.1, 0.15) is 5.82 Å². The average Bonchev–Trinajstić information content (AvgIpc) is 2.69. The van der Waals surface area contributed by atoms with Crippen LogP contribution in [0.5, 0.6) is 0 Å². The van der Waals surface area contributed by atoms with Crippen molar-refractivity contribution < 1.29 is 9.18 Å². The van der Waals surface area contributed by atoms with Crippen molar-refractivity contribution in [3.63, 3.8) is 0 Å². The summed E-state index contributed by atoms with van der Waals surface area (Å²) in [5.41, 5.74) is 3.54. The Morgan fingerprint density at radius 2 is 1.88 bits per heavy atom. The van der Waals surface area contributed by atoms with E-state index < -0.39 is 0 Å². The molecule has 2 heterocycles. The van der Waals surface area contributed by atoms with Crippen LogP contribution in [0.3, 0.4) is 0 Å². The minimum absolute atomic E-state index is 0.0955. The number of rotatable bonds is 3. The number of hydrogen-bond donors (Lipinski definition) is 1. The number of aromatic nitrogens is 1. The van der Waals surface area contributed by atoms with Crippen LogP contribution >= 0.6 is 0 Å². The van der Waals surface area contributed by atoms with E-state index in [4.69, 9.17) is 0 Å². The monoisotopic (exact) mass is 347 g/mol. The van der Waals surface area contributed by atoms with Crippen molar-refractivity contribution in [1.29, 1.82) is 0 Å². The SMILES string of the molecule is O=C(c1cncc(Nc2ccccc2F)c1)N1CCCc2ccccc21. The van der Waals surface area contributed by atoms with Gasteiger partial charge in [-0.15, -0.1) is 0 Å². The lowest BCUT2D eigenvalue weighted by Gasteiger charge is -2.29. The standard InChI is InChI=1S/C21H18FN3O/c22-18-8-2-3-9-19(18)24-17-12-16(13-23-14-17)21(26)25-11-5-7-15-6-1-4-10-20(15)25/h1-4,6,8-10,12-14,24H,5,7,11H2. The Bertz CT molecular complexity index is 957. The third-order valence-electron chi connectivity index (χ3n) is 4.49. The van der Waals surface area contributed by atoms with Gasteiger partial charge < -0.3 is 10.2 Å². The summed E-state index contributed by atoms with van der Waals surface area (Å²) in [6, 6.07) is 16.1. The average molecular weight is 347 g/mol. The molecule has 3 aromatic rings. The van der Waals surface area contributed by atoms with Gasteiger partial charge >= 0.3 is 0 Å². The summed E-state index contributed by atoms with van der Waals surface area (Å²) in [7, 11) is 0. The minimum Gasteiger partial charge on any atom is -0.352 e. The van der Waals surface area contributed by atoms with Crippen LogP contribution in [-0.4, -0.2) is 17.4 Å². The van der Waals surface area contributed by atoms with E-state index in [2.05, 4.69) is 16.4 Å². The van der Waals surface area contributed by atoms with Crippen molar-refractivity contribution in [1.82, 2.24) is 4.98 Å². The van der Waals surface area contributed by atoms with E-state index in [1.165, 1.54) is 11.6 Å². The van der Waals surface area contributed by atoms with Crippen LogP contribution in [-0.2, 0) is 6.42 Å². The molecule has 0 atom stereocenters. The number of carbonyl (C=O) groups is 1. The fourth-order valence-electron chi connectivity index (χ4n) is 3.24. The zero-order chi connectivity index (χ0) is 17.9. The summed E-state index contributed by atoms with van der Waals surface area (Å²) in [4.78, 5) is 19.0. The molecule has 1 aromatic heterocycles. The third kappa shape index (κ3) is 3.16. The Hall–Kier alpha value is -3.21. The number of amides is 1. The van der Waals surface area contributed by atoms with Gasteiger partial charge in [0.15, 0.2) is 0 Å². The molecule has 2 aromatic carbocycles. The maximum Gasteiger partial charge on any atom is 0.259 e. The molecular formula is C21H18FN3O. The van der Waals surface area contributed by atoms with Gasteiger partial charge in [-0.25, -0.2) is 4.39 Å². The molecule has 1 aliphatic heterocycles. The molecule has 0 unspecified atom stereocenters. The molecule has 1 N–H and O–H groups in total. The van der Waals surface area contributed by atoms with Crippen LogP contribution in [0.25, 0.3) is 0 Å². The molecule has 0 fully saturated rings. The van der Waals surface area contributed by atoms with Gasteiger partial charge in [-0.1, -0.05) is 30.3 Å². The van der Waals surface area contributed by atoms with Gasteiger partial charge in [0, 0.05) is 18.4 Å². The summed E-state index contributed by atoms with van der Waals surface area (Å²) >= 11 is 0. The highest BCUT2D eigenvalue weighted by atomic mass is 19.1. The second-order valence-corrected chi connectivity index (χ2v) is 6.26. The van der Waals surface area contributed by atoms with Crippen molar-refractivity contribution in [2.24, 2.45) is 0 Å². The molecule has 4 rings (SSSR count). The predicted octanol–water partition coefficient (Wildman–Crippen LogP) is 4.56. The number of pyridine rings is 1. The highest BCUT2D eigenvalue weighted by molar-refractivity contribution is 6.07. The van der Waals surface area contributed by atoms with Gasteiger partial charge in [-0.2, -0.15) is 0 Å². The number of para-hydroxylation sites is 2. The molecule has 1 amide bonds. The molecule has 0 bridgehead atoms. The number of nitrogens with one attached hydrogen (secondary N) is 1. The lowest BCUT2D eigenvalue weighted by Crippen LogP contribution is -2.35. The smallest absolute Gasteiger partial charge is 0.259 e. The number of aryl methyl sites for hydroxylation is 1. The molecule has 5 heteroatoms. The number of fused-ring (bicyclic) bond motifs is 1. The quantitative estimate of drug-likeness (QED) is 0.755. The molecule has 0 saturated carbocycles. The van der Waals surface area contributed by atoms with Gasteiger partial charge in [-0.05, 0) is 42.7 Å². The highest BCUT2D eigenvalue weighted by Gasteiger charge is 2.23. The van der Waals surface area contributed by atoms with E-state index in [0.29, 0.717) is 23.5 Å². The van der Waals surface area contributed by atoms with Crippen molar-refractivity contribution in [3.8, 4) is 0 Å². The Balaban J connectivity index is 1.61. The number of anilines is 3. The number of carbonyl (C=O) groups excluding carboxylic acids is 1. The summed E-state index contributed by atoms with van der Waals surface area (Å²) in [5, 5.41) is 2.98. The molecule has 1 aliphatic rings.